The van der Waals surface area contributed by atoms with Gasteiger partial charge in [-0.15, -0.1) is 0 Å². The van der Waals surface area contributed by atoms with Gasteiger partial charge in [-0.2, -0.15) is 0 Å². The number of hydrogen-bond acceptors (Lipinski definition) is 3. The molecule has 0 amide bonds. The number of nitrogens with zero attached hydrogens (tertiary/aromatic N) is 1. The van der Waals surface area contributed by atoms with Gasteiger partial charge in [-0.25, -0.2) is 0 Å². The van der Waals surface area contributed by atoms with Gasteiger partial charge in [-0.3, -0.25) is 0 Å². The minimum atomic E-state index is -0.242. The second-order valence-corrected chi connectivity index (χ2v) is 1.90. The highest BCUT2D eigenvalue weighted by atomic mass is 16.6. The standard InChI is InChI=1S/C6H13NO2/c1-6(8)4-3-5-7-9-2/h5-6,8H,3-4H2,1-2H3/t6-/m0/s1. The lowest BCUT2D eigenvalue weighted by atomic mass is 10.2. The molecule has 0 radical (unpaired) electrons. The summed E-state index contributed by atoms with van der Waals surface area (Å²) in [7, 11) is 1.50. The van der Waals surface area contributed by atoms with Crippen LogP contribution in [0.5, 0.6) is 0 Å². The molecule has 0 aromatic carbocycles. The summed E-state index contributed by atoms with van der Waals surface area (Å²) in [5.74, 6) is 0. The van der Waals surface area contributed by atoms with E-state index in [2.05, 4.69) is 9.99 Å². The van der Waals surface area contributed by atoms with E-state index in [4.69, 9.17) is 5.11 Å². The van der Waals surface area contributed by atoms with Crippen molar-refractivity contribution in [2.45, 2.75) is 25.9 Å². The van der Waals surface area contributed by atoms with Gasteiger partial charge >= 0.3 is 0 Å². The summed E-state index contributed by atoms with van der Waals surface area (Å²) in [5.41, 5.74) is 0. The Labute approximate surface area is 55.3 Å². The van der Waals surface area contributed by atoms with E-state index >= 15 is 0 Å². The van der Waals surface area contributed by atoms with Gasteiger partial charge in [0.15, 0.2) is 0 Å². The Morgan fingerprint density at radius 1 is 1.78 bits per heavy atom. The summed E-state index contributed by atoms with van der Waals surface area (Å²) in [4.78, 5) is 4.41. The zero-order valence-corrected chi connectivity index (χ0v) is 5.87. The molecule has 0 unspecified atom stereocenters. The average Bonchev–Trinajstić information content (AvgIpc) is 1.80. The molecule has 0 aromatic rings. The van der Waals surface area contributed by atoms with Crippen molar-refractivity contribution in [2.24, 2.45) is 5.16 Å². The fourth-order valence-electron chi connectivity index (χ4n) is 0.443. The van der Waals surface area contributed by atoms with Gasteiger partial charge in [0.2, 0.25) is 0 Å². The van der Waals surface area contributed by atoms with Crippen LogP contribution in [0.3, 0.4) is 0 Å². The minimum Gasteiger partial charge on any atom is -0.399 e. The van der Waals surface area contributed by atoms with Gasteiger partial charge in [-0.1, -0.05) is 5.16 Å². The van der Waals surface area contributed by atoms with Crippen LogP contribution < -0.4 is 0 Å². The normalized spacial score (nSPS) is 14.1. The highest BCUT2D eigenvalue weighted by Gasteiger charge is 1.90. The van der Waals surface area contributed by atoms with Crippen molar-refractivity contribution in [1.82, 2.24) is 0 Å². The average molecular weight is 131 g/mol. The third kappa shape index (κ3) is 7.43. The van der Waals surface area contributed by atoms with E-state index in [1.54, 1.807) is 13.1 Å². The molecule has 0 rings (SSSR count). The predicted octanol–water partition coefficient (Wildman–Crippen LogP) is 0.780. The molecule has 0 saturated heterocycles. The van der Waals surface area contributed by atoms with Crippen LogP contribution in [-0.2, 0) is 4.84 Å². The zero-order valence-electron chi connectivity index (χ0n) is 5.87. The van der Waals surface area contributed by atoms with E-state index in [9.17, 15) is 0 Å². The monoisotopic (exact) mass is 131 g/mol. The van der Waals surface area contributed by atoms with E-state index in [0.29, 0.717) is 0 Å². The van der Waals surface area contributed by atoms with Crippen molar-refractivity contribution < 1.29 is 9.94 Å². The van der Waals surface area contributed by atoms with Crippen molar-refractivity contribution in [2.75, 3.05) is 7.11 Å². The molecule has 0 spiro atoms. The largest absolute Gasteiger partial charge is 0.399 e. The fourth-order valence-corrected chi connectivity index (χ4v) is 0.443. The molecule has 9 heavy (non-hydrogen) atoms. The van der Waals surface area contributed by atoms with Crippen LogP contribution in [0.2, 0.25) is 0 Å². The lowest BCUT2D eigenvalue weighted by molar-refractivity contribution is 0.185. The Morgan fingerprint density at radius 2 is 2.44 bits per heavy atom. The summed E-state index contributed by atoms with van der Waals surface area (Å²) in [6, 6.07) is 0. The third-order valence-electron chi connectivity index (χ3n) is 0.893. The number of aliphatic hydroxyl groups excluding tert-OH is 1. The van der Waals surface area contributed by atoms with Crippen LogP contribution in [0.4, 0.5) is 0 Å². The molecule has 54 valence electrons. The maximum absolute atomic E-state index is 8.75. The molecular formula is C6H13NO2. The van der Waals surface area contributed by atoms with E-state index in [1.165, 1.54) is 7.11 Å². The highest BCUT2D eigenvalue weighted by Crippen LogP contribution is 1.91. The highest BCUT2D eigenvalue weighted by molar-refractivity contribution is 5.56. The van der Waals surface area contributed by atoms with E-state index < -0.39 is 0 Å². The quantitative estimate of drug-likeness (QED) is 0.452. The van der Waals surface area contributed by atoms with E-state index in [1.807, 2.05) is 0 Å². The fraction of sp³-hybridized carbons (Fsp3) is 0.833. The second kappa shape index (κ2) is 5.56. The topological polar surface area (TPSA) is 41.8 Å². The Hall–Kier alpha value is -0.570. The van der Waals surface area contributed by atoms with Crippen molar-refractivity contribution >= 4 is 6.21 Å². The molecule has 0 bridgehead atoms. The van der Waals surface area contributed by atoms with Gasteiger partial charge in [-0.05, 0) is 19.8 Å². The first-order valence-electron chi connectivity index (χ1n) is 3.00. The summed E-state index contributed by atoms with van der Waals surface area (Å²) in [6.07, 6.45) is 2.92. The third-order valence-corrected chi connectivity index (χ3v) is 0.893. The summed E-state index contributed by atoms with van der Waals surface area (Å²) in [5, 5.41) is 12.3. The maximum atomic E-state index is 8.75. The summed E-state index contributed by atoms with van der Waals surface area (Å²) in [6.45, 7) is 1.75. The van der Waals surface area contributed by atoms with Crippen molar-refractivity contribution in [3.8, 4) is 0 Å². The Morgan fingerprint density at radius 3 is 2.89 bits per heavy atom. The number of aliphatic hydroxyl groups is 1. The molecule has 1 atom stereocenters. The van der Waals surface area contributed by atoms with Crippen molar-refractivity contribution in [3.05, 3.63) is 0 Å². The minimum absolute atomic E-state index is 0.242. The Bertz CT molecular complexity index is 81.1. The van der Waals surface area contributed by atoms with Crippen LogP contribution in [0.25, 0.3) is 0 Å². The zero-order chi connectivity index (χ0) is 7.11. The molecule has 3 heteroatoms. The van der Waals surface area contributed by atoms with Crippen LogP contribution in [0, 0.1) is 0 Å². The molecule has 0 aliphatic rings. The van der Waals surface area contributed by atoms with Gasteiger partial charge in [0.05, 0.1) is 6.10 Å². The van der Waals surface area contributed by atoms with Crippen LogP contribution >= 0.6 is 0 Å². The first-order valence-corrected chi connectivity index (χ1v) is 3.00. The van der Waals surface area contributed by atoms with Gasteiger partial charge in [0.1, 0.15) is 7.11 Å². The van der Waals surface area contributed by atoms with E-state index in [0.717, 1.165) is 12.8 Å². The van der Waals surface area contributed by atoms with E-state index in [-0.39, 0.29) is 6.10 Å². The van der Waals surface area contributed by atoms with Crippen molar-refractivity contribution in [3.63, 3.8) is 0 Å². The van der Waals surface area contributed by atoms with Crippen molar-refractivity contribution in [1.29, 1.82) is 0 Å². The smallest absolute Gasteiger partial charge is 0.106 e. The molecule has 0 saturated carbocycles. The molecule has 1 N–H and O–H groups in total. The van der Waals surface area contributed by atoms with Crippen LogP contribution in [0.15, 0.2) is 5.16 Å². The lowest BCUT2D eigenvalue weighted by Gasteiger charge is -1.96. The SMILES string of the molecule is CON=CCC[C@H](C)O. The molecule has 0 aromatic heterocycles. The number of hydrogen-bond donors (Lipinski definition) is 1. The summed E-state index contributed by atoms with van der Waals surface area (Å²) < 4.78 is 0. The first-order chi connectivity index (χ1) is 4.27. The molecule has 0 fully saturated rings. The van der Waals surface area contributed by atoms with Gasteiger partial charge in [0, 0.05) is 6.21 Å². The molecule has 0 aliphatic heterocycles. The van der Waals surface area contributed by atoms with Crippen LogP contribution in [-0.4, -0.2) is 24.5 Å². The Kier molecular flexibility index (Phi) is 5.21. The predicted molar refractivity (Wildman–Crippen MR) is 36.4 cm³/mol. The van der Waals surface area contributed by atoms with Gasteiger partial charge < -0.3 is 9.94 Å². The Balaban J connectivity index is 2.99. The number of rotatable bonds is 4. The molecule has 0 heterocycles. The maximum Gasteiger partial charge on any atom is 0.106 e. The first kappa shape index (κ1) is 8.43. The second-order valence-electron chi connectivity index (χ2n) is 1.90. The molecule has 0 aliphatic carbocycles. The van der Waals surface area contributed by atoms with Gasteiger partial charge in [0.25, 0.3) is 0 Å². The lowest BCUT2D eigenvalue weighted by Crippen LogP contribution is -1.98. The number of oxime groups is 1. The molecule has 3 nitrogen and oxygen atoms in total. The van der Waals surface area contributed by atoms with Crippen LogP contribution in [0.1, 0.15) is 19.8 Å². The summed E-state index contributed by atoms with van der Waals surface area (Å²) >= 11 is 0. The molecular weight excluding hydrogens is 118 g/mol.